The van der Waals surface area contributed by atoms with E-state index in [0.29, 0.717) is 18.0 Å². The second-order valence-electron chi connectivity index (χ2n) is 3.87. The molecule has 1 N–H and O–H groups in total. The lowest BCUT2D eigenvalue weighted by Gasteiger charge is -2.06. The summed E-state index contributed by atoms with van der Waals surface area (Å²) in [5, 5.41) is 2.93. The zero-order chi connectivity index (χ0) is 13.5. The summed E-state index contributed by atoms with van der Waals surface area (Å²) in [5.74, 6) is 6.24. The zero-order valence-electron chi connectivity index (χ0n) is 10.6. The molecule has 0 aliphatic heterocycles. The Labute approximate surface area is 112 Å². The van der Waals surface area contributed by atoms with E-state index in [9.17, 15) is 4.39 Å². The molecule has 0 bridgehead atoms. The van der Waals surface area contributed by atoms with E-state index in [2.05, 4.69) is 17.2 Å². The Bertz CT molecular complexity index is 599. The van der Waals surface area contributed by atoms with Crippen molar-refractivity contribution in [1.29, 1.82) is 0 Å². The number of hydrogen-bond acceptors (Lipinski definition) is 2. The zero-order valence-corrected chi connectivity index (χ0v) is 10.6. The predicted molar refractivity (Wildman–Crippen MR) is 74.8 cm³/mol. The Balaban J connectivity index is 1.98. The molecule has 3 heteroatoms. The van der Waals surface area contributed by atoms with Gasteiger partial charge >= 0.3 is 0 Å². The van der Waals surface area contributed by atoms with Crippen LogP contribution in [0.3, 0.4) is 0 Å². The first-order valence-corrected chi connectivity index (χ1v) is 5.91. The third kappa shape index (κ3) is 3.75. The van der Waals surface area contributed by atoms with Crippen molar-refractivity contribution >= 4 is 5.69 Å². The topological polar surface area (TPSA) is 21.3 Å². The number of halogens is 1. The molecular formula is C16H14FNO. The van der Waals surface area contributed by atoms with Crippen LogP contribution in [0.5, 0.6) is 5.75 Å². The minimum absolute atomic E-state index is 0.317. The van der Waals surface area contributed by atoms with E-state index in [1.54, 1.807) is 19.2 Å². The number of ether oxygens (including phenoxy) is 1. The number of benzene rings is 2. The number of nitrogens with one attached hydrogen (secondary N) is 1. The van der Waals surface area contributed by atoms with E-state index >= 15 is 0 Å². The van der Waals surface area contributed by atoms with Crippen molar-refractivity contribution in [3.8, 4) is 17.6 Å². The molecule has 2 rings (SSSR count). The van der Waals surface area contributed by atoms with Crippen LogP contribution in [-0.4, -0.2) is 13.7 Å². The fraction of sp³-hybridized carbons (Fsp3) is 0.125. The largest absolute Gasteiger partial charge is 0.497 e. The lowest BCUT2D eigenvalue weighted by Crippen LogP contribution is -2.01. The van der Waals surface area contributed by atoms with Gasteiger partial charge in [-0.25, -0.2) is 4.39 Å². The molecule has 0 amide bonds. The van der Waals surface area contributed by atoms with E-state index in [0.717, 1.165) is 5.56 Å². The molecule has 2 aromatic carbocycles. The number of rotatable bonds is 3. The molecule has 0 spiro atoms. The quantitative estimate of drug-likeness (QED) is 0.850. The van der Waals surface area contributed by atoms with Crippen LogP contribution in [0.25, 0.3) is 0 Å². The van der Waals surface area contributed by atoms with Crippen molar-refractivity contribution in [1.82, 2.24) is 0 Å². The summed E-state index contributed by atoms with van der Waals surface area (Å²) in [6, 6.07) is 14.2. The Morgan fingerprint density at radius 3 is 2.68 bits per heavy atom. The van der Waals surface area contributed by atoms with Crippen molar-refractivity contribution in [2.24, 2.45) is 0 Å². The highest BCUT2D eigenvalue weighted by atomic mass is 19.1. The van der Waals surface area contributed by atoms with E-state index in [-0.39, 0.29) is 5.82 Å². The average molecular weight is 255 g/mol. The van der Waals surface area contributed by atoms with Gasteiger partial charge in [0.25, 0.3) is 0 Å². The van der Waals surface area contributed by atoms with Gasteiger partial charge in [-0.1, -0.05) is 30.0 Å². The highest BCUT2D eigenvalue weighted by Crippen LogP contribution is 2.20. The lowest BCUT2D eigenvalue weighted by molar-refractivity contribution is 0.414. The normalized spacial score (nSPS) is 9.37. The molecule has 0 aliphatic carbocycles. The maximum Gasteiger partial charge on any atom is 0.146 e. The minimum Gasteiger partial charge on any atom is -0.497 e. The Morgan fingerprint density at radius 2 is 1.95 bits per heavy atom. The van der Waals surface area contributed by atoms with E-state index in [4.69, 9.17) is 4.74 Å². The van der Waals surface area contributed by atoms with Crippen LogP contribution in [0.4, 0.5) is 10.1 Å². The highest BCUT2D eigenvalue weighted by Gasteiger charge is 2.01. The highest BCUT2D eigenvalue weighted by molar-refractivity contribution is 5.50. The fourth-order valence-corrected chi connectivity index (χ4v) is 1.57. The van der Waals surface area contributed by atoms with Gasteiger partial charge in [0, 0.05) is 11.6 Å². The summed E-state index contributed by atoms with van der Waals surface area (Å²) in [4.78, 5) is 0. The first kappa shape index (κ1) is 13.0. The molecule has 96 valence electrons. The monoisotopic (exact) mass is 255 g/mol. The van der Waals surface area contributed by atoms with Crippen LogP contribution in [0.15, 0.2) is 48.5 Å². The Hall–Kier alpha value is -2.47. The maximum absolute atomic E-state index is 13.5. The average Bonchev–Trinajstić information content (AvgIpc) is 2.46. The van der Waals surface area contributed by atoms with Gasteiger partial charge in [-0.05, 0) is 24.3 Å². The van der Waals surface area contributed by atoms with Crippen LogP contribution in [-0.2, 0) is 0 Å². The Kier molecular flexibility index (Phi) is 4.41. The minimum atomic E-state index is -0.317. The molecular weight excluding hydrogens is 241 g/mol. The molecule has 19 heavy (non-hydrogen) atoms. The second kappa shape index (κ2) is 6.46. The van der Waals surface area contributed by atoms with Crippen molar-refractivity contribution < 1.29 is 9.13 Å². The van der Waals surface area contributed by atoms with Gasteiger partial charge in [-0.3, -0.25) is 0 Å². The molecule has 0 saturated carbocycles. The summed E-state index contributed by atoms with van der Waals surface area (Å²) in [6.07, 6.45) is 0. The summed E-state index contributed by atoms with van der Waals surface area (Å²) in [5.41, 5.74) is 1.33. The van der Waals surface area contributed by atoms with Crippen LogP contribution >= 0.6 is 0 Å². The molecule has 0 unspecified atom stereocenters. The van der Waals surface area contributed by atoms with Gasteiger partial charge in [0.1, 0.15) is 11.6 Å². The molecule has 2 aromatic rings. The van der Waals surface area contributed by atoms with Crippen LogP contribution in [0, 0.1) is 17.7 Å². The molecule has 2 nitrogen and oxygen atoms in total. The molecule has 0 aromatic heterocycles. The molecule has 0 atom stereocenters. The molecule has 0 saturated heterocycles. The molecule has 0 fully saturated rings. The van der Waals surface area contributed by atoms with Crippen molar-refractivity contribution in [2.75, 3.05) is 19.0 Å². The van der Waals surface area contributed by atoms with Crippen molar-refractivity contribution in [3.05, 3.63) is 59.9 Å². The number of hydrogen-bond donors (Lipinski definition) is 1. The van der Waals surface area contributed by atoms with Gasteiger partial charge in [0.2, 0.25) is 0 Å². The lowest BCUT2D eigenvalue weighted by atomic mass is 10.2. The third-order valence-electron chi connectivity index (χ3n) is 2.55. The third-order valence-corrected chi connectivity index (χ3v) is 2.55. The van der Waals surface area contributed by atoms with Gasteiger partial charge in [0.05, 0.1) is 19.3 Å². The van der Waals surface area contributed by atoms with Gasteiger partial charge < -0.3 is 10.1 Å². The number of anilines is 1. The predicted octanol–water partition coefficient (Wildman–Crippen LogP) is 3.30. The van der Waals surface area contributed by atoms with Gasteiger partial charge in [-0.2, -0.15) is 0 Å². The van der Waals surface area contributed by atoms with Gasteiger partial charge in [0.15, 0.2) is 0 Å². The fourth-order valence-electron chi connectivity index (χ4n) is 1.57. The summed E-state index contributed by atoms with van der Waals surface area (Å²) >= 11 is 0. The van der Waals surface area contributed by atoms with E-state index in [1.807, 2.05) is 30.3 Å². The summed E-state index contributed by atoms with van der Waals surface area (Å²) in [7, 11) is 1.55. The summed E-state index contributed by atoms with van der Waals surface area (Å²) < 4.78 is 18.5. The standard InChI is InChI=1S/C16H14FNO/c1-19-14-9-10-15(17)16(12-14)18-11-5-8-13-6-3-2-4-7-13/h2-4,6-7,9-10,12,18H,11H2,1H3. The number of methoxy groups -OCH3 is 1. The van der Waals surface area contributed by atoms with Crippen molar-refractivity contribution in [3.63, 3.8) is 0 Å². The SMILES string of the molecule is COc1ccc(F)c(NCC#Cc2ccccc2)c1. The van der Waals surface area contributed by atoms with Gasteiger partial charge in [-0.15, -0.1) is 0 Å². The molecule has 0 radical (unpaired) electrons. The first-order valence-electron chi connectivity index (χ1n) is 5.91. The molecule has 0 aliphatic rings. The maximum atomic E-state index is 13.5. The Morgan fingerprint density at radius 1 is 1.16 bits per heavy atom. The second-order valence-corrected chi connectivity index (χ2v) is 3.87. The van der Waals surface area contributed by atoms with E-state index < -0.39 is 0 Å². The van der Waals surface area contributed by atoms with Crippen LogP contribution in [0.1, 0.15) is 5.56 Å². The first-order chi connectivity index (χ1) is 9.29. The smallest absolute Gasteiger partial charge is 0.146 e. The van der Waals surface area contributed by atoms with E-state index in [1.165, 1.54) is 6.07 Å². The van der Waals surface area contributed by atoms with Crippen molar-refractivity contribution in [2.45, 2.75) is 0 Å². The molecule has 0 heterocycles. The summed E-state index contributed by atoms with van der Waals surface area (Å²) in [6.45, 7) is 0.374. The van der Waals surface area contributed by atoms with Crippen LogP contribution < -0.4 is 10.1 Å². The van der Waals surface area contributed by atoms with Crippen LogP contribution in [0.2, 0.25) is 0 Å².